The average Bonchev–Trinajstić information content (AvgIpc) is 2.53. The first kappa shape index (κ1) is 18.0. The Hall–Kier alpha value is -2.37. The molecule has 3 N–H and O–H groups in total. The first-order valence-electron chi connectivity index (χ1n) is 8.29. The minimum atomic E-state index is -1.26. The van der Waals surface area contributed by atoms with Crippen LogP contribution in [0.5, 0.6) is 0 Å². The minimum Gasteiger partial charge on any atom is -0.480 e. The molecule has 1 aliphatic heterocycles. The summed E-state index contributed by atoms with van der Waals surface area (Å²) >= 11 is 0. The monoisotopic (exact) mass is 332 g/mol. The van der Waals surface area contributed by atoms with Crippen LogP contribution in [0.25, 0.3) is 0 Å². The molecule has 0 fully saturated rings. The number of hydrogen-bond donors (Lipinski definition) is 3. The third kappa shape index (κ3) is 4.13. The number of aliphatic carboxylic acids is 1. The van der Waals surface area contributed by atoms with Gasteiger partial charge in [0.25, 0.3) is 0 Å². The highest BCUT2D eigenvalue weighted by Crippen LogP contribution is 2.27. The Balaban J connectivity index is 1.92. The number of para-hydroxylation sites is 1. The second-order valence-electron chi connectivity index (χ2n) is 6.52. The number of anilines is 1. The first-order chi connectivity index (χ1) is 11.4. The van der Waals surface area contributed by atoms with E-state index in [1.807, 2.05) is 31.2 Å². The SMILES string of the molecule is CCCC(C)(NC(=O)CCC1Cc2ccccc2NC1=O)C(=O)O. The van der Waals surface area contributed by atoms with E-state index in [1.54, 1.807) is 0 Å². The standard InChI is InChI=1S/C18H24N2O4/c1-3-10-18(2,17(23)24)20-15(21)9-8-13-11-12-6-4-5-7-14(12)19-16(13)22/h4-7,13H,3,8-11H2,1-2H3,(H,19,22)(H,20,21)(H,23,24). The maximum absolute atomic E-state index is 12.1. The van der Waals surface area contributed by atoms with Gasteiger partial charge in [0.05, 0.1) is 0 Å². The lowest BCUT2D eigenvalue weighted by atomic mass is 9.89. The lowest BCUT2D eigenvalue weighted by molar-refractivity contribution is -0.147. The quantitative estimate of drug-likeness (QED) is 0.714. The fraction of sp³-hybridized carbons (Fsp3) is 0.500. The number of carboxylic acid groups (broad SMARTS) is 1. The number of rotatable bonds is 7. The summed E-state index contributed by atoms with van der Waals surface area (Å²) in [6, 6.07) is 7.61. The molecule has 2 rings (SSSR count). The van der Waals surface area contributed by atoms with E-state index in [0.717, 1.165) is 11.3 Å². The molecule has 1 aliphatic rings. The molecule has 130 valence electrons. The number of benzene rings is 1. The van der Waals surface area contributed by atoms with Crippen LogP contribution in [0.2, 0.25) is 0 Å². The molecule has 2 unspecified atom stereocenters. The molecule has 0 aliphatic carbocycles. The van der Waals surface area contributed by atoms with Crippen LogP contribution >= 0.6 is 0 Å². The molecule has 1 aromatic rings. The molecule has 2 amide bonds. The largest absolute Gasteiger partial charge is 0.480 e. The zero-order valence-electron chi connectivity index (χ0n) is 14.1. The number of fused-ring (bicyclic) bond motifs is 1. The van der Waals surface area contributed by atoms with Gasteiger partial charge in [0.2, 0.25) is 11.8 Å². The molecule has 6 heteroatoms. The van der Waals surface area contributed by atoms with Crippen molar-refractivity contribution in [2.24, 2.45) is 5.92 Å². The number of carbonyl (C=O) groups excluding carboxylic acids is 2. The normalized spacial score (nSPS) is 18.9. The van der Waals surface area contributed by atoms with E-state index in [9.17, 15) is 19.5 Å². The van der Waals surface area contributed by atoms with Gasteiger partial charge in [0.15, 0.2) is 0 Å². The maximum atomic E-state index is 12.1. The van der Waals surface area contributed by atoms with E-state index >= 15 is 0 Å². The fourth-order valence-electron chi connectivity index (χ4n) is 3.04. The molecule has 0 radical (unpaired) electrons. The Bertz CT molecular complexity index is 644. The van der Waals surface area contributed by atoms with Crippen molar-refractivity contribution in [2.75, 3.05) is 5.32 Å². The number of amides is 2. The van der Waals surface area contributed by atoms with E-state index in [0.29, 0.717) is 25.7 Å². The number of hydrogen-bond acceptors (Lipinski definition) is 3. The van der Waals surface area contributed by atoms with Crippen LogP contribution < -0.4 is 10.6 Å². The van der Waals surface area contributed by atoms with Gasteiger partial charge in [-0.2, -0.15) is 0 Å². The van der Waals surface area contributed by atoms with Crippen molar-refractivity contribution in [3.63, 3.8) is 0 Å². The van der Waals surface area contributed by atoms with E-state index in [2.05, 4.69) is 10.6 Å². The Kier molecular flexibility index (Phi) is 5.59. The lowest BCUT2D eigenvalue weighted by Crippen LogP contribution is -2.52. The smallest absolute Gasteiger partial charge is 0.329 e. The van der Waals surface area contributed by atoms with Gasteiger partial charge in [-0.25, -0.2) is 4.79 Å². The molecule has 0 spiro atoms. The second kappa shape index (κ2) is 7.47. The molecule has 0 aromatic heterocycles. The van der Waals surface area contributed by atoms with Gasteiger partial charge in [0.1, 0.15) is 5.54 Å². The summed E-state index contributed by atoms with van der Waals surface area (Å²) in [6.07, 6.45) is 2.15. The number of carboxylic acids is 1. The van der Waals surface area contributed by atoms with Crippen LogP contribution in [-0.4, -0.2) is 28.4 Å². The van der Waals surface area contributed by atoms with Crippen LogP contribution in [0.15, 0.2) is 24.3 Å². The van der Waals surface area contributed by atoms with Crippen molar-refractivity contribution < 1.29 is 19.5 Å². The van der Waals surface area contributed by atoms with Crippen molar-refractivity contribution in [1.29, 1.82) is 0 Å². The Labute approximate surface area is 141 Å². The third-order valence-corrected chi connectivity index (χ3v) is 4.47. The van der Waals surface area contributed by atoms with E-state index in [-0.39, 0.29) is 24.2 Å². The van der Waals surface area contributed by atoms with Crippen molar-refractivity contribution in [2.45, 2.75) is 51.5 Å². The van der Waals surface area contributed by atoms with Gasteiger partial charge in [-0.15, -0.1) is 0 Å². The summed E-state index contributed by atoms with van der Waals surface area (Å²) < 4.78 is 0. The maximum Gasteiger partial charge on any atom is 0.329 e. The highest BCUT2D eigenvalue weighted by atomic mass is 16.4. The Morgan fingerprint density at radius 3 is 2.75 bits per heavy atom. The molecule has 2 atom stereocenters. The van der Waals surface area contributed by atoms with Crippen LogP contribution in [0.4, 0.5) is 5.69 Å². The molecular weight excluding hydrogens is 308 g/mol. The molecule has 0 saturated heterocycles. The Morgan fingerprint density at radius 2 is 2.08 bits per heavy atom. The van der Waals surface area contributed by atoms with Crippen molar-refractivity contribution in [3.8, 4) is 0 Å². The number of carbonyl (C=O) groups is 3. The highest BCUT2D eigenvalue weighted by Gasteiger charge is 2.34. The van der Waals surface area contributed by atoms with Crippen LogP contribution in [0, 0.1) is 5.92 Å². The third-order valence-electron chi connectivity index (χ3n) is 4.47. The minimum absolute atomic E-state index is 0.0870. The lowest BCUT2D eigenvalue weighted by Gasteiger charge is -2.27. The van der Waals surface area contributed by atoms with E-state index in [4.69, 9.17) is 0 Å². The van der Waals surface area contributed by atoms with E-state index in [1.165, 1.54) is 6.92 Å². The van der Waals surface area contributed by atoms with Crippen LogP contribution in [0.3, 0.4) is 0 Å². The second-order valence-corrected chi connectivity index (χ2v) is 6.52. The molecule has 0 saturated carbocycles. The molecule has 1 heterocycles. The molecule has 0 bridgehead atoms. The van der Waals surface area contributed by atoms with Gasteiger partial charge in [-0.1, -0.05) is 31.5 Å². The summed E-state index contributed by atoms with van der Waals surface area (Å²) in [5, 5.41) is 14.8. The van der Waals surface area contributed by atoms with E-state index < -0.39 is 11.5 Å². The predicted octanol–water partition coefficient (Wildman–Crippen LogP) is 2.34. The van der Waals surface area contributed by atoms with Crippen molar-refractivity contribution in [3.05, 3.63) is 29.8 Å². The zero-order valence-corrected chi connectivity index (χ0v) is 14.1. The topological polar surface area (TPSA) is 95.5 Å². The van der Waals surface area contributed by atoms with Crippen LogP contribution in [0.1, 0.15) is 45.1 Å². The summed E-state index contributed by atoms with van der Waals surface area (Å²) in [5.74, 6) is -1.73. The molecular formula is C18H24N2O4. The van der Waals surface area contributed by atoms with Gasteiger partial charge in [0, 0.05) is 18.0 Å². The average molecular weight is 332 g/mol. The zero-order chi connectivity index (χ0) is 17.7. The highest BCUT2D eigenvalue weighted by molar-refractivity contribution is 5.96. The molecule has 24 heavy (non-hydrogen) atoms. The van der Waals surface area contributed by atoms with Gasteiger partial charge in [-0.3, -0.25) is 9.59 Å². The molecule has 1 aromatic carbocycles. The van der Waals surface area contributed by atoms with Gasteiger partial charge >= 0.3 is 5.97 Å². The summed E-state index contributed by atoms with van der Waals surface area (Å²) in [4.78, 5) is 35.6. The predicted molar refractivity (Wildman–Crippen MR) is 90.6 cm³/mol. The van der Waals surface area contributed by atoms with Crippen molar-refractivity contribution in [1.82, 2.24) is 5.32 Å². The van der Waals surface area contributed by atoms with Crippen molar-refractivity contribution >= 4 is 23.5 Å². The Morgan fingerprint density at radius 1 is 1.38 bits per heavy atom. The van der Waals surface area contributed by atoms with Gasteiger partial charge < -0.3 is 15.7 Å². The summed E-state index contributed by atoms with van der Waals surface area (Å²) in [7, 11) is 0. The molecule has 6 nitrogen and oxygen atoms in total. The summed E-state index contributed by atoms with van der Waals surface area (Å²) in [5.41, 5.74) is 0.626. The fourth-order valence-corrected chi connectivity index (χ4v) is 3.04. The van der Waals surface area contributed by atoms with Crippen LogP contribution in [-0.2, 0) is 20.8 Å². The first-order valence-corrected chi connectivity index (χ1v) is 8.29. The number of nitrogens with one attached hydrogen (secondary N) is 2. The van der Waals surface area contributed by atoms with Gasteiger partial charge in [-0.05, 0) is 37.8 Å². The summed E-state index contributed by atoms with van der Waals surface area (Å²) in [6.45, 7) is 3.39.